The standard InChI is InChI=1S/C14H22N4O5S/c1-5-10(2)15-14(21)16-12(19)9-18-8-11(6-7-13(18)20)24(22,23)17(3)4/h6-8,10H,5,9H2,1-4H3,(H2,15,16,19,21)/t10-/m0/s1. The second-order valence-corrected chi connectivity index (χ2v) is 7.60. The van der Waals surface area contributed by atoms with Gasteiger partial charge in [0, 0.05) is 32.4 Å². The van der Waals surface area contributed by atoms with Gasteiger partial charge in [0.1, 0.15) is 6.54 Å². The van der Waals surface area contributed by atoms with E-state index >= 15 is 0 Å². The van der Waals surface area contributed by atoms with Crippen molar-refractivity contribution >= 4 is 22.0 Å². The van der Waals surface area contributed by atoms with Crippen LogP contribution in [0.4, 0.5) is 4.79 Å². The van der Waals surface area contributed by atoms with E-state index in [1.54, 1.807) is 6.92 Å². The molecule has 0 aliphatic rings. The van der Waals surface area contributed by atoms with Crippen LogP contribution in [-0.4, -0.2) is 49.4 Å². The van der Waals surface area contributed by atoms with Crippen molar-refractivity contribution in [1.82, 2.24) is 19.5 Å². The number of hydrogen-bond acceptors (Lipinski definition) is 5. The molecule has 0 saturated carbocycles. The molecule has 1 atom stereocenters. The lowest BCUT2D eigenvalue weighted by Gasteiger charge is -2.14. The molecule has 1 aromatic heterocycles. The van der Waals surface area contributed by atoms with E-state index in [1.165, 1.54) is 20.2 Å². The van der Waals surface area contributed by atoms with Crippen molar-refractivity contribution in [2.75, 3.05) is 14.1 Å². The van der Waals surface area contributed by atoms with Crippen molar-refractivity contribution in [2.24, 2.45) is 0 Å². The third kappa shape index (κ3) is 5.17. The fourth-order valence-corrected chi connectivity index (χ4v) is 2.60. The maximum absolute atomic E-state index is 12.1. The SMILES string of the molecule is CC[C@H](C)NC(=O)NC(=O)Cn1cc(S(=O)(=O)N(C)C)ccc1=O. The lowest BCUT2D eigenvalue weighted by Crippen LogP contribution is -2.45. The van der Waals surface area contributed by atoms with Crippen LogP contribution in [0.5, 0.6) is 0 Å². The zero-order valence-corrected chi connectivity index (χ0v) is 14.9. The van der Waals surface area contributed by atoms with Gasteiger partial charge in [0.25, 0.3) is 5.56 Å². The Balaban J connectivity index is 2.90. The van der Waals surface area contributed by atoms with E-state index in [-0.39, 0.29) is 10.9 Å². The number of amides is 3. The van der Waals surface area contributed by atoms with E-state index in [1.807, 2.05) is 6.92 Å². The van der Waals surface area contributed by atoms with Gasteiger partial charge in [-0.25, -0.2) is 17.5 Å². The summed E-state index contributed by atoms with van der Waals surface area (Å²) >= 11 is 0. The zero-order chi connectivity index (χ0) is 18.5. The summed E-state index contributed by atoms with van der Waals surface area (Å²) in [6.07, 6.45) is 1.77. The van der Waals surface area contributed by atoms with E-state index in [9.17, 15) is 22.8 Å². The van der Waals surface area contributed by atoms with Crippen LogP contribution in [0.15, 0.2) is 28.0 Å². The fraction of sp³-hybridized carbons (Fsp3) is 0.500. The highest BCUT2D eigenvalue weighted by molar-refractivity contribution is 7.89. The Morgan fingerprint density at radius 2 is 1.92 bits per heavy atom. The van der Waals surface area contributed by atoms with Crippen molar-refractivity contribution in [3.63, 3.8) is 0 Å². The van der Waals surface area contributed by atoms with Gasteiger partial charge in [0.15, 0.2) is 0 Å². The van der Waals surface area contributed by atoms with Crippen LogP contribution in [0.1, 0.15) is 20.3 Å². The molecule has 2 N–H and O–H groups in total. The van der Waals surface area contributed by atoms with Crippen LogP contribution in [0.25, 0.3) is 0 Å². The van der Waals surface area contributed by atoms with Gasteiger partial charge in [-0.1, -0.05) is 6.92 Å². The van der Waals surface area contributed by atoms with Gasteiger partial charge in [0.05, 0.1) is 4.90 Å². The predicted octanol–water partition coefficient (Wildman–Crippen LogP) is -0.277. The Morgan fingerprint density at radius 1 is 1.29 bits per heavy atom. The van der Waals surface area contributed by atoms with Crippen LogP contribution in [0.2, 0.25) is 0 Å². The summed E-state index contributed by atoms with van der Waals surface area (Å²) in [6, 6.07) is 1.46. The van der Waals surface area contributed by atoms with Gasteiger partial charge < -0.3 is 9.88 Å². The smallest absolute Gasteiger partial charge is 0.321 e. The molecule has 0 saturated heterocycles. The van der Waals surface area contributed by atoms with Crippen molar-refractivity contribution in [3.8, 4) is 0 Å². The van der Waals surface area contributed by atoms with E-state index in [0.717, 1.165) is 21.1 Å². The number of pyridine rings is 1. The highest BCUT2D eigenvalue weighted by Crippen LogP contribution is 2.10. The van der Waals surface area contributed by atoms with Crippen LogP contribution in [-0.2, 0) is 21.4 Å². The first-order valence-electron chi connectivity index (χ1n) is 7.31. The Morgan fingerprint density at radius 3 is 2.46 bits per heavy atom. The lowest BCUT2D eigenvalue weighted by molar-refractivity contribution is -0.120. The van der Waals surface area contributed by atoms with E-state index in [2.05, 4.69) is 10.6 Å². The van der Waals surface area contributed by atoms with E-state index < -0.39 is 34.1 Å². The second kappa shape index (κ2) is 8.06. The Kier molecular flexibility index (Phi) is 6.67. The summed E-state index contributed by atoms with van der Waals surface area (Å²) in [7, 11) is -1.02. The molecule has 0 aromatic carbocycles. The second-order valence-electron chi connectivity index (χ2n) is 5.45. The molecule has 0 bridgehead atoms. The summed E-state index contributed by atoms with van der Waals surface area (Å²) in [6.45, 7) is 3.19. The summed E-state index contributed by atoms with van der Waals surface area (Å²) < 4.78 is 26.0. The third-order valence-electron chi connectivity index (χ3n) is 3.29. The third-order valence-corrected chi connectivity index (χ3v) is 5.09. The molecule has 10 heteroatoms. The van der Waals surface area contributed by atoms with Gasteiger partial charge in [-0.2, -0.15) is 0 Å². The number of carbonyl (C=O) groups excluding carboxylic acids is 2. The van der Waals surface area contributed by atoms with Gasteiger partial charge in [-0.3, -0.25) is 14.9 Å². The largest absolute Gasteiger partial charge is 0.335 e. The minimum Gasteiger partial charge on any atom is -0.335 e. The Hall–Kier alpha value is -2.20. The molecule has 0 spiro atoms. The zero-order valence-electron chi connectivity index (χ0n) is 14.1. The van der Waals surface area contributed by atoms with Crippen LogP contribution < -0.4 is 16.2 Å². The number of carbonyl (C=O) groups is 2. The van der Waals surface area contributed by atoms with Gasteiger partial charge in [-0.15, -0.1) is 0 Å². The normalized spacial score (nSPS) is 12.7. The van der Waals surface area contributed by atoms with Crippen molar-refractivity contribution in [3.05, 3.63) is 28.7 Å². The van der Waals surface area contributed by atoms with Crippen molar-refractivity contribution < 1.29 is 18.0 Å². The molecule has 0 aliphatic carbocycles. The number of urea groups is 1. The quantitative estimate of drug-likeness (QED) is 0.725. The molecule has 0 aliphatic heterocycles. The average Bonchev–Trinajstić information content (AvgIpc) is 2.48. The summed E-state index contributed by atoms with van der Waals surface area (Å²) in [5.41, 5.74) is -0.551. The molecular formula is C14H22N4O5S. The number of imide groups is 1. The Labute approximate surface area is 140 Å². The molecule has 9 nitrogen and oxygen atoms in total. The molecule has 24 heavy (non-hydrogen) atoms. The molecule has 1 heterocycles. The number of rotatable bonds is 6. The highest BCUT2D eigenvalue weighted by Gasteiger charge is 2.19. The number of sulfonamides is 1. The number of nitrogens with one attached hydrogen (secondary N) is 2. The van der Waals surface area contributed by atoms with Crippen molar-refractivity contribution in [1.29, 1.82) is 0 Å². The molecule has 0 unspecified atom stereocenters. The van der Waals surface area contributed by atoms with E-state index in [4.69, 9.17) is 0 Å². The topological polar surface area (TPSA) is 118 Å². The van der Waals surface area contributed by atoms with Crippen LogP contribution in [0.3, 0.4) is 0 Å². The maximum Gasteiger partial charge on any atom is 0.321 e. The fourth-order valence-electron chi connectivity index (χ4n) is 1.68. The molecule has 1 rings (SSSR count). The highest BCUT2D eigenvalue weighted by atomic mass is 32.2. The lowest BCUT2D eigenvalue weighted by atomic mass is 10.3. The van der Waals surface area contributed by atoms with Crippen LogP contribution in [0, 0.1) is 0 Å². The first kappa shape index (κ1) is 19.8. The predicted molar refractivity (Wildman–Crippen MR) is 88.0 cm³/mol. The van der Waals surface area contributed by atoms with E-state index in [0.29, 0.717) is 6.42 Å². The first-order chi connectivity index (χ1) is 11.1. The van der Waals surface area contributed by atoms with Gasteiger partial charge in [-0.05, 0) is 19.4 Å². The summed E-state index contributed by atoms with van der Waals surface area (Å²) in [5, 5.41) is 4.64. The molecular weight excluding hydrogens is 336 g/mol. The summed E-state index contributed by atoms with van der Waals surface area (Å²) in [4.78, 5) is 35.1. The van der Waals surface area contributed by atoms with Gasteiger partial charge in [0.2, 0.25) is 15.9 Å². The number of nitrogens with zero attached hydrogens (tertiary/aromatic N) is 2. The molecule has 1 aromatic rings. The van der Waals surface area contributed by atoms with Crippen molar-refractivity contribution in [2.45, 2.75) is 37.8 Å². The molecule has 0 radical (unpaired) electrons. The number of hydrogen-bond donors (Lipinski definition) is 2. The Bertz CT molecular complexity index is 770. The van der Waals surface area contributed by atoms with Gasteiger partial charge >= 0.3 is 6.03 Å². The monoisotopic (exact) mass is 358 g/mol. The molecule has 134 valence electrons. The molecule has 3 amide bonds. The minimum absolute atomic E-state index is 0.103. The first-order valence-corrected chi connectivity index (χ1v) is 8.75. The summed E-state index contributed by atoms with van der Waals surface area (Å²) in [5.74, 6) is -0.725. The van der Waals surface area contributed by atoms with Crippen LogP contribution >= 0.6 is 0 Å². The average molecular weight is 358 g/mol. The number of aromatic nitrogens is 1. The molecule has 0 fully saturated rings. The maximum atomic E-state index is 12.1. The minimum atomic E-state index is -3.73.